The molecule has 2 N–H and O–H groups in total. The van der Waals surface area contributed by atoms with Crippen LogP contribution in [-0.2, 0) is 11.3 Å². The number of nitrogens with one attached hydrogen (secondary N) is 2. The van der Waals surface area contributed by atoms with E-state index in [0.29, 0.717) is 23.8 Å². The van der Waals surface area contributed by atoms with Crippen molar-refractivity contribution in [1.82, 2.24) is 15.6 Å². The molecule has 1 heterocycles. The molecular weight excluding hydrogens is 454 g/mol. The molecule has 4 aromatic rings. The molecule has 0 unspecified atom stereocenters. The summed E-state index contributed by atoms with van der Waals surface area (Å²) in [6.45, 7) is 3.22. The highest BCUT2D eigenvalue weighted by Gasteiger charge is 2.10. The Hall–Kier alpha value is -4.39. The van der Waals surface area contributed by atoms with Gasteiger partial charge in [-0.25, -0.2) is 4.98 Å². The fourth-order valence-electron chi connectivity index (χ4n) is 3.59. The van der Waals surface area contributed by atoms with Crippen LogP contribution < -0.4 is 20.1 Å². The van der Waals surface area contributed by atoms with Crippen molar-refractivity contribution in [2.24, 2.45) is 0 Å². The van der Waals surface area contributed by atoms with Gasteiger partial charge in [0, 0.05) is 36.8 Å². The Kier molecular flexibility index (Phi) is 8.48. The Morgan fingerprint density at radius 2 is 1.64 bits per heavy atom. The number of pyridine rings is 1. The molecule has 0 aliphatic carbocycles. The SMILES string of the molecule is CCCOc1ccc(Oc2ncccc2CNC(=O)CCNC(=O)c2ccc3ccccc3c2)cc1. The fourth-order valence-corrected chi connectivity index (χ4v) is 3.59. The van der Waals surface area contributed by atoms with Crippen molar-refractivity contribution in [3.05, 3.63) is 96.2 Å². The third-order valence-corrected chi connectivity index (χ3v) is 5.49. The molecule has 0 fully saturated rings. The number of amides is 2. The van der Waals surface area contributed by atoms with E-state index in [2.05, 4.69) is 22.5 Å². The van der Waals surface area contributed by atoms with Crippen molar-refractivity contribution in [2.75, 3.05) is 13.2 Å². The van der Waals surface area contributed by atoms with E-state index in [-0.39, 0.29) is 31.3 Å². The molecule has 7 heteroatoms. The Morgan fingerprint density at radius 1 is 0.861 bits per heavy atom. The number of carbonyl (C=O) groups is 2. The van der Waals surface area contributed by atoms with Crippen LogP contribution in [0.15, 0.2) is 85.1 Å². The van der Waals surface area contributed by atoms with Gasteiger partial charge in [0.1, 0.15) is 11.5 Å². The van der Waals surface area contributed by atoms with Crippen molar-refractivity contribution in [2.45, 2.75) is 26.3 Å². The summed E-state index contributed by atoms with van der Waals surface area (Å²) in [6.07, 6.45) is 2.74. The molecule has 0 aliphatic rings. The number of nitrogens with zero attached hydrogens (tertiary/aromatic N) is 1. The standard InChI is InChI=1S/C29H29N3O4/c1-2-18-35-25-11-13-26(14-12-25)36-29-24(8-5-16-31-29)20-32-27(33)15-17-30-28(34)23-10-9-21-6-3-4-7-22(21)19-23/h3-14,16,19H,2,15,17-18,20H2,1H3,(H,30,34)(H,32,33). The van der Waals surface area contributed by atoms with Crippen LogP contribution in [0.25, 0.3) is 10.8 Å². The van der Waals surface area contributed by atoms with Crippen molar-refractivity contribution in [3.8, 4) is 17.4 Å². The molecule has 0 saturated heterocycles. The number of hydrogen-bond acceptors (Lipinski definition) is 5. The Labute approximate surface area is 210 Å². The molecule has 0 spiro atoms. The zero-order chi connectivity index (χ0) is 25.2. The lowest BCUT2D eigenvalue weighted by molar-refractivity contribution is -0.121. The highest BCUT2D eigenvalue weighted by molar-refractivity contribution is 5.98. The van der Waals surface area contributed by atoms with Crippen LogP contribution in [0.5, 0.6) is 17.4 Å². The average molecular weight is 484 g/mol. The van der Waals surface area contributed by atoms with Crippen molar-refractivity contribution in [1.29, 1.82) is 0 Å². The highest BCUT2D eigenvalue weighted by atomic mass is 16.5. The minimum atomic E-state index is -0.206. The summed E-state index contributed by atoms with van der Waals surface area (Å²) in [6, 6.07) is 24.4. The first-order chi connectivity index (χ1) is 17.6. The van der Waals surface area contributed by atoms with Crippen LogP contribution in [0.4, 0.5) is 0 Å². The number of ether oxygens (including phenoxy) is 2. The molecule has 3 aromatic carbocycles. The third-order valence-electron chi connectivity index (χ3n) is 5.49. The first-order valence-electron chi connectivity index (χ1n) is 12.0. The molecule has 0 bridgehead atoms. The molecule has 2 amide bonds. The minimum absolute atomic E-state index is 0.162. The van der Waals surface area contributed by atoms with Crippen LogP contribution >= 0.6 is 0 Å². The second kappa shape index (κ2) is 12.4. The second-order valence-electron chi connectivity index (χ2n) is 8.23. The lowest BCUT2D eigenvalue weighted by Crippen LogP contribution is -2.30. The van der Waals surface area contributed by atoms with E-state index in [1.165, 1.54) is 0 Å². The van der Waals surface area contributed by atoms with E-state index in [9.17, 15) is 9.59 Å². The van der Waals surface area contributed by atoms with Crippen LogP contribution in [0, 0.1) is 0 Å². The smallest absolute Gasteiger partial charge is 0.251 e. The van der Waals surface area contributed by atoms with Crippen molar-refractivity contribution in [3.63, 3.8) is 0 Å². The Balaban J connectivity index is 1.25. The number of rotatable bonds is 11. The maximum atomic E-state index is 12.5. The van der Waals surface area contributed by atoms with Gasteiger partial charge < -0.3 is 20.1 Å². The maximum Gasteiger partial charge on any atom is 0.251 e. The second-order valence-corrected chi connectivity index (χ2v) is 8.23. The van der Waals surface area contributed by atoms with Gasteiger partial charge in [-0.05, 0) is 59.7 Å². The molecule has 0 radical (unpaired) electrons. The van der Waals surface area contributed by atoms with Crippen LogP contribution in [0.1, 0.15) is 35.7 Å². The first kappa shape index (κ1) is 24.7. The van der Waals surface area contributed by atoms with E-state index in [1.807, 2.05) is 66.7 Å². The third kappa shape index (κ3) is 6.82. The van der Waals surface area contributed by atoms with Crippen LogP contribution in [-0.4, -0.2) is 29.9 Å². The lowest BCUT2D eigenvalue weighted by atomic mass is 10.1. The van der Waals surface area contributed by atoms with Crippen LogP contribution in [0.3, 0.4) is 0 Å². The molecule has 0 aliphatic heterocycles. The fraction of sp³-hybridized carbons (Fsp3) is 0.207. The van der Waals surface area contributed by atoms with E-state index in [0.717, 1.165) is 28.5 Å². The number of fused-ring (bicyclic) bond motifs is 1. The number of benzene rings is 3. The predicted octanol–water partition coefficient (Wildman–Crippen LogP) is 5.25. The van der Waals surface area contributed by atoms with E-state index >= 15 is 0 Å². The number of aromatic nitrogens is 1. The Bertz CT molecular complexity index is 1320. The predicted molar refractivity (Wildman–Crippen MR) is 139 cm³/mol. The average Bonchev–Trinajstić information content (AvgIpc) is 2.92. The van der Waals surface area contributed by atoms with Gasteiger partial charge in [0.25, 0.3) is 5.91 Å². The maximum absolute atomic E-state index is 12.5. The van der Waals surface area contributed by atoms with Gasteiger partial charge in [-0.15, -0.1) is 0 Å². The summed E-state index contributed by atoms with van der Waals surface area (Å²) < 4.78 is 11.5. The summed E-state index contributed by atoms with van der Waals surface area (Å²) >= 11 is 0. The molecule has 7 nitrogen and oxygen atoms in total. The highest BCUT2D eigenvalue weighted by Crippen LogP contribution is 2.25. The summed E-state index contributed by atoms with van der Waals surface area (Å²) in [5, 5.41) is 7.74. The van der Waals surface area contributed by atoms with Gasteiger partial charge in [0.15, 0.2) is 0 Å². The number of hydrogen-bond donors (Lipinski definition) is 2. The summed E-state index contributed by atoms with van der Waals surface area (Å²) in [7, 11) is 0. The minimum Gasteiger partial charge on any atom is -0.494 e. The monoisotopic (exact) mass is 483 g/mol. The van der Waals surface area contributed by atoms with E-state index < -0.39 is 0 Å². The summed E-state index contributed by atoms with van der Waals surface area (Å²) in [4.78, 5) is 29.1. The van der Waals surface area contributed by atoms with Gasteiger partial charge in [-0.1, -0.05) is 43.3 Å². The van der Waals surface area contributed by atoms with Crippen molar-refractivity contribution < 1.29 is 19.1 Å². The topological polar surface area (TPSA) is 89.6 Å². The molecule has 184 valence electrons. The molecule has 1 aromatic heterocycles. The van der Waals surface area contributed by atoms with E-state index in [4.69, 9.17) is 9.47 Å². The van der Waals surface area contributed by atoms with Gasteiger partial charge in [-0.3, -0.25) is 9.59 Å². The molecule has 0 saturated carbocycles. The molecular formula is C29H29N3O4. The molecule has 4 rings (SSSR count). The van der Waals surface area contributed by atoms with Gasteiger partial charge in [-0.2, -0.15) is 0 Å². The zero-order valence-corrected chi connectivity index (χ0v) is 20.2. The number of carbonyl (C=O) groups excluding carboxylic acids is 2. The molecule has 0 atom stereocenters. The molecule has 36 heavy (non-hydrogen) atoms. The van der Waals surface area contributed by atoms with Gasteiger partial charge in [0.05, 0.1) is 6.61 Å². The quantitative estimate of drug-likeness (QED) is 0.304. The van der Waals surface area contributed by atoms with Crippen LogP contribution in [0.2, 0.25) is 0 Å². The zero-order valence-electron chi connectivity index (χ0n) is 20.2. The lowest BCUT2D eigenvalue weighted by Gasteiger charge is -2.12. The largest absolute Gasteiger partial charge is 0.494 e. The summed E-state index contributed by atoms with van der Waals surface area (Å²) in [5.74, 6) is 1.44. The Morgan fingerprint density at radius 3 is 2.44 bits per heavy atom. The van der Waals surface area contributed by atoms with Gasteiger partial charge in [0.2, 0.25) is 11.8 Å². The normalized spacial score (nSPS) is 10.6. The van der Waals surface area contributed by atoms with Crippen molar-refractivity contribution >= 4 is 22.6 Å². The first-order valence-corrected chi connectivity index (χ1v) is 12.0. The van der Waals surface area contributed by atoms with E-state index in [1.54, 1.807) is 18.3 Å². The van der Waals surface area contributed by atoms with Gasteiger partial charge >= 0.3 is 0 Å². The summed E-state index contributed by atoms with van der Waals surface area (Å²) in [5.41, 5.74) is 1.31.